The zero-order chi connectivity index (χ0) is 13.7. The van der Waals surface area contributed by atoms with Gasteiger partial charge in [-0.2, -0.15) is 0 Å². The highest BCUT2D eigenvalue weighted by molar-refractivity contribution is 8.13. The third-order valence-electron chi connectivity index (χ3n) is 2.76. The number of hydrogen-bond donors (Lipinski definition) is 2. The van der Waals surface area contributed by atoms with Gasteiger partial charge in [0.15, 0.2) is 11.0 Å². The number of carbonyl (C=O) groups is 1. The zero-order valence-electron chi connectivity index (χ0n) is 11.2. The van der Waals surface area contributed by atoms with Gasteiger partial charge in [-0.25, -0.2) is 0 Å². The Morgan fingerprint density at radius 1 is 1.28 bits per heavy atom. The first-order chi connectivity index (χ1) is 8.41. The lowest BCUT2D eigenvalue weighted by molar-refractivity contribution is 0.0981. The number of aryl methyl sites for hydroxylation is 3. The topological polar surface area (TPSA) is 66.9 Å². The molecule has 0 aliphatic heterocycles. The van der Waals surface area contributed by atoms with Gasteiger partial charge in [0.2, 0.25) is 0 Å². The zero-order valence-corrected chi connectivity index (χ0v) is 12.0. The lowest BCUT2D eigenvalue weighted by atomic mass is 9.95. The van der Waals surface area contributed by atoms with E-state index in [-0.39, 0.29) is 11.0 Å². The molecule has 3 nitrogen and oxygen atoms in total. The summed E-state index contributed by atoms with van der Waals surface area (Å²) in [6.07, 6.45) is 1.28. The molecule has 0 fully saturated rings. The molecule has 0 amide bonds. The monoisotopic (exact) mass is 264 g/mol. The molecule has 4 heteroatoms. The average Bonchev–Trinajstić information content (AvgIpc) is 2.22. The quantitative estimate of drug-likeness (QED) is 0.371. The molecule has 1 aromatic rings. The van der Waals surface area contributed by atoms with Crippen molar-refractivity contribution in [2.45, 2.75) is 33.6 Å². The standard InChI is InChI=1S/C14H20N2OS/c1-9-7-10(2)13(11(3)8-9)12(17)5-4-6-18-14(15)16/h7-8H,4-6H2,1-3H3,(H3,15,16). The fourth-order valence-corrected chi connectivity index (χ4v) is 2.67. The maximum absolute atomic E-state index is 12.1. The summed E-state index contributed by atoms with van der Waals surface area (Å²) in [5, 5.41) is 7.21. The summed E-state index contributed by atoms with van der Waals surface area (Å²) in [6.45, 7) is 6.01. The van der Waals surface area contributed by atoms with Gasteiger partial charge in [0.05, 0.1) is 0 Å². The van der Waals surface area contributed by atoms with Crippen molar-refractivity contribution in [1.82, 2.24) is 0 Å². The molecule has 0 saturated heterocycles. The Kier molecular flexibility index (Phi) is 5.41. The second-order valence-electron chi connectivity index (χ2n) is 4.51. The molecular formula is C14H20N2OS. The van der Waals surface area contributed by atoms with E-state index in [0.29, 0.717) is 6.42 Å². The molecule has 0 radical (unpaired) electrons. The molecule has 3 N–H and O–H groups in total. The van der Waals surface area contributed by atoms with Crippen molar-refractivity contribution in [2.24, 2.45) is 5.73 Å². The van der Waals surface area contributed by atoms with Crippen molar-refractivity contribution in [2.75, 3.05) is 5.75 Å². The Balaban J connectivity index is 2.65. The third-order valence-corrected chi connectivity index (χ3v) is 3.57. The molecule has 0 spiro atoms. The van der Waals surface area contributed by atoms with Crippen LogP contribution in [0.3, 0.4) is 0 Å². The van der Waals surface area contributed by atoms with Gasteiger partial charge in [-0.3, -0.25) is 10.2 Å². The molecular weight excluding hydrogens is 244 g/mol. The summed E-state index contributed by atoms with van der Waals surface area (Å²) in [7, 11) is 0. The van der Waals surface area contributed by atoms with Crippen LogP contribution in [0.15, 0.2) is 12.1 Å². The van der Waals surface area contributed by atoms with E-state index in [2.05, 4.69) is 0 Å². The molecule has 98 valence electrons. The van der Waals surface area contributed by atoms with Gasteiger partial charge in [0, 0.05) is 17.7 Å². The van der Waals surface area contributed by atoms with E-state index < -0.39 is 0 Å². The second kappa shape index (κ2) is 6.59. The minimum atomic E-state index is 0.116. The van der Waals surface area contributed by atoms with Crippen LogP contribution in [0.25, 0.3) is 0 Å². The first-order valence-corrected chi connectivity index (χ1v) is 6.98. The van der Waals surface area contributed by atoms with E-state index in [0.717, 1.165) is 28.9 Å². The number of amidine groups is 1. The summed E-state index contributed by atoms with van der Waals surface area (Å²) in [5.74, 6) is 0.916. The molecule has 0 atom stereocenters. The van der Waals surface area contributed by atoms with Crippen molar-refractivity contribution in [3.8, 4) is 0 Å². The van der Waals surface area contributed by atoms with Gasteiger partial charge in [-0.05, 0) is 38.3 Å². The van der Waals surface area contributed by atoms with Crippen LogP contribution < -0.4 is 5.73 Å². The maximum atomic E-state index is 12.1. The number of thioether (sulfide) groups is 1. The second-order valence-corrected chi connectivity index (χ2v) is 5.65. The predicted molar refractivity (Wildman–Crippen MR) is 78.6 cm³/mol. The van der Waals surface area contributed by atoms with Crippen LogP contribution in [0.5, 0.6) is 0 Å². The summed E-state index contributed by atoms with van der Waals surface area (Å²) >= 11 is 1.29. The fourth-order valence-electron chi connectivity index (χ4n) is 2.16. The molecule has 0 aliphatic carbocycles. The van der Waals surface area contributed by atoms with Gasteiger partial charge >= 0.3 is 0 Å². The van der Waals surface area contributed by atoms with Gasteiger partial charge in [-0.1, -0.05) is 29.5 Å². The van der Waals surface area contributed by atoms with Crippen molar-refractivity contribution >= 4 is 22.7 Å². The highest BCUT2D eigenvalue weighted by atomic mass is 32.2. The lowest BCUT2D eigenvalue weighted by Crippen LogP contribution is -2.07. The van der Waals surface area contributed by atoms with Gasteiger partial charge in [0.25, 0.3) is 0 Å². The van der Waals surface area contributed by atoms with Crippen LogP contribution in [0.2, 0.25) is 0 Å². The van der Waals surface area contributed by atoms with Gasteiger partial charge < -0.3 is 5.73 Å². The van der Waals surface area contributed by atoms with E-state index in [1.54, 1.807) is 0 Å². The van der Waals surface area contributed by atoms with Crippen LogP contribution >= 0.6 is 11.8 Å². The summed E-state index contributed by atoms with van der Waals surface area (Å²) in [6, 6.07) is 4.09. The summed E-state index contributed by atoms with van der Waals surface area (Å²) in [4.78, 5) is 12.1. The average molecular weight is 264 g/mol. The first-order valence-electron chi connectivity index (χ1n) is 5.99. The molecule has 0 saturated carbocycles. The number of carbonyl (C=O) groups excluding carboxylic acids is 1. The minimum Gasteiger partial charge on any atom is -0.379 e. The molecule has 0 unspecified atom stereocenters. The Morgan fingerprint density at radius 3 is 2.33 bits per heavy atom. The first kappa shape index (κ1) is 14.8. The summed E-state index contributed by atoms with van der Waals surface area (Å²) < 4.78 is 0. The predicted octanol–water partition coefficient (Wildman–Crippen LogP) is 3.20. The Bertz CT molecular complexity index is 446. The van der Waals surface area contributed by atoms with E-state index >= 15 is 0 Å². The molecule has 0 aromatic heterocycles. The Hall–Kier alpha value is -1.29. The van der Waals surface area contributed by atoms with Crippen molar-refractivity contribution < 1.29 is 4.79 Å². The highest BCUT2D eigenvalue weighted by Crippen LogP contribution is 2.19. The lowest BCUT2D eigenvalue weighted by Gasteiger charge is -2.10. The fraction of sp³-hybridized carbons (Fsp3) is 0.429. The number of benzene rings is 1. The van der Waals surface area contributed by atoms with E-state index in [9.17, 15) is 4.79 Å². The van der Waals surface area contributed by atoms with Crippen molar-refractivity contribution in [3.63, 3.8) is 0 Å². The van der Waals surface area contributed by atoms with Crippen LogP contribution in [-0.4, -0.2) is 16.7 Å². The molecule has 1 aromatic carbocycles. The van der Waals surface area contributed by atoms with Crippen molar-refractivity contribution in [3.05, 3.63) is 34.4 Å². The number of nitrogens with one attached hydrogen (secondary N) is 1. The molecule has 1 rings (SSSR count). The number of rotatable bonds is 5. The maximum Gasteiger partial charge on any atom is 0.163 e. The summed E-state index contributed by atoms with van der Waals surface area (Å²) in [5.41, 5.74) is 9.40. The Labute approximate surface area is 113 Å². The number of hydrogen-bond acceptors (Lipinski definition) is 3. The minimum absolute atomic E-state index is 0.116. The molecule has 0 aliphatic rings. The normalized spacial score (nSPS) is 10.4. The third kappa shape index (κ3) is 4.18. The number of nitrogens with two attached hydrogens (primary N) is 1. The van der Waals surface area contributed by atoms with E-state index in [4.69, 9.17) is 11.1 Å². The SMILES string of the molecule is Cc1cc(C)c(C(=O)CCCSC(=N)N)c(C)c1. The van der Waals surface area contributed by atoms with Crippen LogP contribution in [0, 0.1) is 26.2 Å². The van der Waals surface area contributed by atoms with E-state index in [1.807, 2.05) is 32.9 Å². The molecule has 18 heavy (non-hydrogen) atoms. The van der Waals surface area contributed by atoms with Crippen molar-refractivity contribution in [1.29, 1.82) is 5.41 Å². The van der Waals surface area contributed by atoms with Crippen LogP contribution in [0.4, 0.5) is 0 Å². The number of ketones is 1. The van der Waals surface area contributed by atoms with Crippen LogP contribution in [0.1, 0.15) is 39.9 Å². The van der Waals surface area contributed by atoms with Gasteiger partial charge in [0.1, 0.15) is 0 Å². The molecule has 0 heterocycles. The number of Topliss-reactive ketones (excluding diaryl/α,β-unsaturated/α-hetero) is 1. The highest BCUT2D eigenvalue weighted by Gasteiger charge is 2.12. The van der Waals surface area contributed by atoms with Gasteiger partial charge in [-0.15, -0.1) is 0 Å². The largest absolute Gasteiger partial charge is 0.379 e. The van der Waals surface area contributed by atoms with Crippen LogP contribution in [-0.2, 0) is 0 Å². The Morgan fingerprint density at radius 2 is 1.83 bits per heavy atom. The van der Waals surface area contributed by atoms with E-state index in [1.165, 1.54) is 17.3 Å². The smallest absolute Gasteiger partial charge is 0.163 e. The molecule has 0 bridgehead atoms.